The van der Waals surface area contributed by atoms with E-state index in [0.29, 0.717) is 39.1 Å². The average molecular weight is 460 g/mol. The molecular formula is C26H26FN3O2Si. The normalized spacial score (nSPS) is 13.6. The second-order valence-electron chi connectivity index (χ2n) is 9.33. The van der Waals surface area contributed by atoms with Crippen molar-refractivity contribution < 1.29 is 13.9 Å². The van der Waals surface area contributed by atoms with Gasteiger partial charge in [0.2, 0.25) is 0 Å². The van der Waals surface area contributed by atoms with Crippen molar-refractivity contribution in [1.82, 2.24) is 4.98 Å². The van der Waals surface area contributed by atoms with E-state index in [9.17, 15) is 10.1 Å². The molecule has 0 atom stereocenters. The molecule has 1 heterocycles. The number of ether oxygens (including phenoxy) is 1. The van der Waals surface area contributed by atoms with Gasteiger partial charge in [-0.25, -0.2) is 9.18 Å². The number of esters is 1. The average Bonchev–Trinajstić information content (AvgIpc) is 3.12. The van der Waals surface area contributed by atoms with Gasteiger partial charge in [-0.1, -0.05) is 31.6 Å². The van der Waals surface area contributed by atoms with Gasteiger partial charge in [0.1, 0.15) is 25.3 Å². The smallest absolute Gasteiger partial charge is 0.342 e. The summed E-state index contributed by atoms with van der Waals surface area (Å²) in [6, 6.07) is 12.4. The van der Waals surface area contributed by atoms with Crippen LogP contribution in [-0.4, -0.2) is 32.2 Å². The van der Waals surface area contributed by atoms with Crippen LogP contribution < -0.4 is 4.90 Å². The van der Waals surface area contributed by atoms with Gasteiger partial charge in [0.05, 0.1) is 24.3 Å². The predicted octanol–water partition coefficient (Wildman–Crippen LogP) is 5.88. The SMILES string of the molecule is COC(=O)c1c(N(c2ccc(C#C[Si](C)(C)C)c(F)c2)C2CCC2)[nH]c2cc(C#N)ccc12. The van der Waals surface area contributed by atoms with E-state index in [1.54, 1.807) is 24.3 Å². The second-order valence-corrected chi connectivity index (χ2v) is 14.1. The number of hydrogen-bond donors (Lipinski definition) is 1. The molecule has 1 saturated carbocycles. The lowest BCUT2D eigenvalue weighted by atomic mass is 9.90. The van der Waals surface area contributed by atoms with Gasteiger partial charge in [-0.2, -0.15) is 5.26 Å². The predicted molar refractivity (Wildman–Crippen MR) is 131 cm³/mol. The first kappa shape index (κ1) is 22.6. The van der Waals surface area contributed by atoms with Crippen LogP contribution in [0.5, 0.6) is 0 Å². The summed E-state index contributed by atoms with van der Waals surface area (Å²) < 4.78 is 20.1. The number of anilines is 2. The lowest BCUT2D eigenvalue weighted by Gasteiger charge is -2.39. The zero-order valence-corrected chi connectivity index (χ0v) is 20.3. The maximum absolute atomic E-state index is 15.1. The summed E-state index contributed by atoms with van der Waals surface area (Å²) in [6.45, 7) is 6.35. The van der Waals surface area contributed by atoms with Crippen LogP contribution in [0.2, 0.25) is 19.6 Å². The lowest BCUT2D eigenvalue weighted by Crippen LogP contribution is -2.37. The number of halogens is 1. The Labute approximate surface area is 194 Å². The van der Waals surface area contributed by atoms with Gasteiger partial charge in [0, 0.05) is 22.6 Å². The molecule has 5 nitrogen and oxygen atoms in total. The van der Waals surface area contributed by atoms with Crippen molar-refractivity contribution in [3.8, 4) is 17.5 Å². The van der Waals surface area contributed by atoms with E-state index in [1.807, 2.05) is 11.0 Å². The summed E-state index contributed by atoms with van der Waals surface area (Å²) in [7, 11) is -0.293. The molecule has 0 unspecified atom stereocenters. The molecule has 1 fully saturated rings. The van der Waals surface area contributed by atoms with Gasteiger partial charge < -0.3 is 14.6 Å². The molecule has 2 aromatic carbocycles. The number of H-pyrrole nitrogens is 1. The summed E-state index contributed by atoms with van der Waals surface area (Å²) in [5.74, 6) is 2.68. The molecule has 1 N–H and O–H groups in total. The van der Waals surface area contributed by atoms with Crippen LogP contribution in [0.3, 0.4) is 0 Å². The van der Waals surface area contributed by atoms with Crippen LogP contribution in [0.4, 0.5) is 15.9 Å². The number of aromatic nitrogens is 1. The number of rotatable bonds is 4. The van der Waals surface area contributed by atoms with Crippen LogP contribution in [-0.2, 0) is 4.74 Å². The van der Waals surface area contributed by atoms with Crippen molar-refractivity contribution >= 4 is 36.5 Å². The minimum atomic E-state index is -1.63. The highest BCUT2D eigenvalue weighted by atomic mass is 28.3. The zero-order chi connectivity index (χ0) is 23.8. The third kappa shape index (κ3) is 4.51. The number of nitrogens with zero attached hydrogens (tertiary/aromatic N) is 2. The number of nitrogens with one attached hydrogen (secondary N) is 1. The summed E-state index contributed by atoms with van der Waals surface area (Å²) in [6.07, 6.45) is 2.92. The molecule has 1 aromatic heterocycles. The van der Waals surface area contributed by atoms with Crippen LogP contribution in [0.1, 0.15) is 40.7 Å². The van der Waals surface area contributed by atoms with Crippen molar-refractivity contribution in [3.63, 3.8) is 0 Å². The van der Waals surface area contributed by atoms with E-state index in [-0.39, 0.29) is 11.9 Å². The molecule has 1 aliphatic rings. The third-order valence-corrected chi connectivity index (χ3v) is 6.66. The van der Waals surface area contributed by atoms with Gasteiger partial charge >= 0.3 is 5.97 Å². The van der Waals surface area contributed by atoms with Crippen molar-refractivity contribution in [2.45, 2.75) is 44.9 Å². The molecule has 168 valence electrons. The fraction of sp³-hybridized carbons (Fsp3) is 0.308. The molecule has 4 rings (SSSR count). The molecule has 0 bridgehead atoms. The Morgan fingerprint density at radius 3 is 2.55 bits per heavy atom. The van der Waals surface area contributed by atoms with Crippen LogP contribution in [0.15, 0.2) is 36.4 Å². The van der Waals surface area contributed by atoms with Crippen molar-refractivity contribution in [3.05, 3.63) is 58.9 Å². The monoisotopic (exact) mass is 459 g/mol. The number of aromatic amines is 1. The Morgan fingerprint density at radius 2 is 1.97 bits per heavy atom. The summed E-state index contributed by atoms with van der Waals surface area (Å²) in [4.78, 5) is 18.1. The van der Waals surface area contributed by atoms with Crippen LogP contribution in [0, 0.1) is 28.6 Å². The Morgan fingerprint density at radius 1 is 1.21 bits per heavy atom. The van der Waals surface area contributed by atoms with Gasteiger partial charge in [-0.15, -0.1) is 5.54 Å². The largest absolute Gasteiger partial charge is 0.465 e. The number of methoxy groups -OCH3 is 1. The molecule has 7 heteroatoms. The first-order valence-electron chi connectivity index (χ1n) is 11.0. The maximum Gasteiger partial charge on any atom is 0.342 e. The first-order chi connectivity index (χ1) is 15.7. The summed E-state index contributed by atoms with van der Waals surface area (Å²) in [5, 5.41) is 9.95. The lowest BCUT2D eigenvalue weighted by molar-refractivity contribution is 0.0603. The van der Waals surface area contributed by atoms with Crippen molar-refractivity contribution in [2.24, 2.45) is 0 Å². The highest BCUT2D eigenvalue weighted by molar-refractivity contribution is 6.83. The molecule has 0 radical (unpaired) electrons. The van der Waals surface area contributed by atoms with Gasteiger partial charge in [0.25, 0.3) is 0 Å². The number of carbonyl (C=O) groups excluding carboxylic acids is 1. The molecule has 1 aliphatic carbocycles. The third-order valence-electron chi connectivity index (χ3n) is 5.78. The van der Waals surface area contributed by atoms with E-state index in [4.69, 9.17) is 4.74 Å². The van der Waals surface area contributed by atoms with Gasteiger partial charge in [-0.3, -0.25) is 0 Å². The van der Waals surface area contributed by atoms with E-state index < -0.39 is 14.0 Å². The molecule has 0 saturated heterocycles. The van der Waals surface area contributed by atoms with Crippen LogP contribution in [0.25, 0.3) is 10.9 Å². The van der Waals surface area contributed by atoms with Crippen molar-refractivity contribution in [1.29, 1.82) is 5.26 Å². The van der Waals surface area contributed by atoms with E-state index in [1.165, 1.54) is 13.2 Å². The zero-order valence-electron chi connectivity index (χ0n) is 19.3. The van der Waals surface area contributed by atoms with Gasteiger partial charge in [-0.05, 0) is 49.6 Å². The maximum atomic E-state index is 15.1. The highest BCUT2D eigenvalue weighted by Crippen LogP contribution is 2.40. The fourth-order valence-corrected chi connectivity index (χ4v) is 4.43. The van der Waals surface area contributed by atoms with Crippen molar-refractivity contribution in [2.75, 3.05) is 12.0 Å². The van der Waals surface area contributed by atoms with E-state index in [2.05, 4.69) is 42.2 Å². The Hall–Kier alpha value is -3.55. The summed E-state index contributed by atoms with van der Waals surface area (Å²) >= 11 is 0. The van der Waals surface area contributed by atoms with Gasteiger partial charge in [0.15, 0.2) is 0 Å². The molecule has 0 amide bonds. The van der Waals surface area contributed by atoms with E-state index in [0.717, 1.165) is 19.3 Å². The summed E-state index contributed by atoms with van der Waals surface area (Å²) in [5.41, 5.74) is 5.75. The first-order valence-corrected chi connectivity index (χ1v) is 14.5. The molecule has 0 spiro atoms. The van der Waals surface area contributed by atoms with Crippen LogP contribution >= 0.6 is 0 Å². The standard InChI is InChI=1S/C26H26FN3O2Si/c1-32-26(31)24-21-11-8-17(16-28)14-23(21)29-25(24)30(19-6-5-7-19)20-10-9-18(22(27)15-20)12-13-33(2,3)4/h8-11,14-15,19,29H,5-7H2,1-4H3. The molecule has 33 heavy (non-hydrogen) atoms. The number of carbonyl (C=O) groups is 1. The number of hydrogen-bond acceptors (Lipinski definition) is 4. The Kier molecular flexibility index (Phi) is 6.01. The molecular weight excluding hydrogens is 433 g/mol. The second kappa shape index (κ2) is 8.76. The number of benzene rings is 2. The molecule has 3 aromatic rings. The topological polar surface area (TPSA) is 69.1 Å². The molecule has 0 aliphatic heterocycles. The van der Waals surface area contributed by atoms with E-state index >= 15 is 4.39 Å². The number of fused-ring (bicyclic) bond motifs is 1. The quantitative estimate of drug-likeness (QED) is 0.300. The Balaban J connectivity index is 1.87. The minimum Gasteiger partial charge on any atom is -0.465 e. The minimum absolute atomic E-state index is 0.121. The number of nitriles is 1. The highest BCUT2D eigenvalue weighted by Gasteiger charge is 2.32. The Bertz CT molecular complexity index is 1330. The fourth-order valence-electron chi connectivity index (χ4n) is 3.92.